The number of phenolic OH excluding ortho intramolecular Hbond substituents is 1. The van der Waals surface area contributed by atoms with E-state index in [-0.39, 0.29) is 29.9 Å². The molecule has 28 heavy (non-hydrogen) atoms. The number of benzene rings is 1. The van der Waals surface area contributed by atoms with Crippen LogP contribution in [-0.2, 0) is 20.4 Å². The molecule has 2 saturated heterocycles. The maximum absolute atomic E-state index is 12.9. The second-order valence-electron chi connectivity index (χ2n) is 7.08. The summed E-state index contributed by atoms with van der Waals surface area (Å²) in [5, 5.41) is 8.88. The molecule has 0 bridgehead atoms. The van der Waals surface area contributed by atoms with Crippen LogP contribution in [0.3, 0.4) is 0 Å². The number of alkyl halides is 3. The van der Waals surface area contributed by atoms with Gasteiger partial charge in [-0.05, 0) is 49.4 Å². The molecule has 0 spiro atoms. The van der Waals surface area contributed by atoms with E-state index in [2.05, 4.69) is 0 Å². The molecule has 2 aliphatic heterocycles. The smallest absolute Gasteiger partial charge is 0.419 e. The summed E-state index contributed by atoms with van der Waals surface area (Å²) in [7, 11) is 0. The van der Waals surface area contributed by atoms with Crippen molar-refractivity contribution in [1.29, 1.82) is 0 Å². The van der Waals surface area contributed by atoms with Crippen LogP contribution in [0.2, 0.25) is 0 Å². The van der Waals surface area contributed by atoms with Gasteiger partial charge in [0.2, 0.25) is 0 Å². The summed E-state index contributed by atoms with van der Waals surface area (Å²) in [5.74, 6) is -1.50. The average Bonchev–Trinajstić information content (AvgIpc) is 2.82. The zero-order chi connectivity index (χ0) is 20.7. The summed E-state index contributed by atoms with van der Waals surface area (Å²) >= 11 is 0.651. The zero-order valence-corrected chi connectivity index (χ0v) is 15.9. The van der Waals surface area contributed by atoms with E-state index in [0.29, 0.717) is 18.2 Å². The molecule has 2 aliphatic rings. The van der Waals surface area contributed by atoms with Gasteiger partial charge in [0.05, 0.1) is 28.7 Å². The van der Waals surface area contributed by atoms with Gasteiger partial charge in [0.25, 0.3) is 11.1 Å². The minimum absolute atomic E-state index is 0.00938. The maximum atomic E-state index is 12.9. The van der Waals surface area contributed by atoms with Gasteiger partial charge in [-0.1, -0.05) is 6.07 Å². The molecular weight excluding hydrogens is 399 g/mol. The summed E-state index contributed by atoms with van der Waals surface area (Å²) < 4.78 is 49.6. The predicted octanol–water partition coefficient (Wildman–Crippen LogP) is 3.99. The molecule has 1 unspecified atom stereocenters. The molecule has 152 valence electrons. The first-order valence-electron chi connectivity index (χ1n) is 8.37. The Balaban J connectivity index is 1.78. The van der Waals surface area contributed by atoms with Gasteiger partial charge in [-0.25, -0.2) is 0 Å². The molecule has 1 aromatic carbocycles. The third-order valence-electron chi connectivity index (χ3n) is 4.36. The number of nitrogens with zero attached hydrogens (tertiary/aromatic N) is 1. The number of hydrogen-bond donors (Lipinski definition) is 1. The van der Waals surface area contributed by atoms with Gasteiger partial charge in [0.15, 0.2) is 0 Å². The van der Waals surface area contributed by atoms with Gasteiger partial charge in [-0.15, -0.1) is 0 Å². The Kier molecular flexibility index (Phi) is 5.48. The van der Waals surface area contributed by atoms with Crippen molar-refractivity contribution >= 4 is 29.0 Å². The van der Waals surface area contributed by atoms with E-state index in [1.165, 1.54) is 12.1 Å². The van der Waals surface area contributed by atoms with Gasteiger partial charge in [-0.3, -0.25) is 14.5 Å². The number of aromatic hydroxyl groups is 1. The summed E-state index contributed by atoms with van der Waals surface area (Å²) in [6.45, 7) is 3.84. The molecule has 2 heterocycles. The number of thioether (sulfide) groups is 1. The Labute approximate surface area is 163 Å². The summed E-state index contributed by atoms with van der Waals surface area (Å²) in [5.41, 5.74) is -1.60. The number of hydrogen-bond acceptors (Lipinski definition) is 6. The summed E-state index contributed by atoms with van der Waals surface area (Å²) in [6, 6.07) is 2.87. The van der Waals surface area contributed by atoms with Gasteiger partial charge in [0.1, 0.15) is 12.5 Å². The van der Waals surface area contributed by atoms with Crippen molar-refractivity contribution < 1.29 is 37.3 Å². The van der Waals surface area contributed by atoms with E-state index < -0.39 is 34.2 Å². The second-order valence-corrected chi connectivity index (χ2v) is 8.07. The number of carbonyl (C=O) groups excluding carboxylic acids is 2. The molecule has 0 radical (unpaired) electrons. The average molecular weight is 417 g/mol. The lowest BCUT2D eigenvalue weighted by atomic mass is 9.99. The first-order valence-corrected chi connectivity index (χ1v) is 9.19. The van der Waals surface area contributed by atoms with Crippen LogP contribution in [0.1, 0.15) is 31.4 Å². The highest BCUT2D eigenvalue weighted by molar-refractivity contribution is 8.18. The topological polar surface area (TPSA) is 76.1 Å². The van der Waals surface area contributed by atoms with Crippen LogP contribution in [0.15, 0.2) is 23.1 Å². The molecule has 6 nitrogen and oxygen atoms in total. The first-order chi connectivity index (χ1) is 13.0. The lowest BCUT2D eigenvalue weighted by molar-refractivity contribution is -0.211. The Morgan fingerprint density at radius 3 is 2.71 bits per heavy atom. The second kappa shape index (κ2) is 7.41. The minimum atomic E-state index is -4.74. The third-order valence-corrected chi connectivity index (χ3v) is 5.26. The van der Waals surface area contributed by atoms with E-state index >= 15 is 0 Å². The Morgan fingerprint density at radius 2 is 2.07 bits per heavy atom. The molecule has 1 aromatic rings. The maximum Gasteiger partial charge on any atom is 0.419 e. The standard InChI is InChI=1S/C18H18F3NO5S/c1-17(2)7-11(26-9-27-17)8-22-15(24)14(28-16(22)25)6-10-3-4-13(23)12(5-10)18(19,20)21/h3-6,11,23H,7-9H2,1-2H3. The van der Waals surface area contributed by atoms with Crippen LogP contribution in [0, 0.1) is 0 Å². The first kappa shape index (κ1) is 20.7. The Hall–Kier alpha value is -2.04. The fourth-order valence-corrected chi connectivity index (χ4v) is 3.80. The minimum Gasteiger partial charge on any atom is -0.507 e. The lowest BCUT2D eigenvalue weighted by Crippen LogP contribution is -2.45. The van der Waals surface area contributed by atoms with E-state index in [9.17, 15) is 27.9 Å². The molecule has 10 heteroatoms. The zero-order valence-electron chi connectivity index (χ0n) is 15.1. The number of ether oxygens (including phenoxy) is 2. The number of amides is 2. The van der Waals surface area contributed by atoms with E-state index in [0.717, 1.165) is 17.0 Å². The Morgan fingerprint density at radius 1 is 1.36 bits per heavy atom. The van der Waals surface area contributed by atoms with Gasteiger partial charge < -0.3 is 14.6 Å². The lowest BCUT2D eigenvalue weighted by Gasteiger charge is -2.36. The normalized spacial score (nSPS) is 24.2. The molecule has 1 atom stereocenters. The highest BCUT2D eigenvalue weighted by atomic mass is 32.2. The number of halogens is 3. The quantitative estimate of drug-likeness (QED) is 0.750. The number of phenols is 1. The van der Waals surface area contributed by atoms with Crippen molar-refractivity contribution in [2.24, 2.45) is 0 Å². The largest absolute Gasteiger partial charge is 0.507 e. The predicted molar refractivity (Wildman–Crippen MR) is 95.3 cm³/mol. The number of imide groups is 1. The van der Waals surface area contributed by atoms with Crippen molar-refractivity contribution in [3.8, 4) is 5.75 Å². The van der Waals surface area contributed by atoms with Crippen molar-refractivity contribution in [3.63, 3.8) is 0 Å². The molecule has 0 aromatic heterocycles. The molecule has 0 saturated carbocycles. The Bertz CT molecular complexity index is 837. The molecule has 3 rings (SSSR count). The van der Waals surface area contributed by atoms with Crippen LogP contribution in [-0.4, -0.2) is 46.2 Å². The van der Waals surface area contributed by atoms with Crippen LogP contribution < -0.4 is 0 Å². The van der Waals surface area contributed by atoms with Crippen molar-refractivity contribution in [2.45, 2.75) is 38.1 Å². The summed E-state index contributed by atoms with van der Waals surface area (Å²) in [6.07, 6.45) is -3.43. The van der Waals surface area contributed by atoms with Gasteiger partial charge in [-0.2, -0.15) is 13.2 Å². The van der Waals surface area contributed by atoms with E-state index in [4.69, 9.17) is 9.47 Å². The molecule has 0 aliphatic carbocycles. The van der Waals surface area contributed by atoms with Crippen LogP contribution in [0.25, 0.3) is 6.08 Å². The third kappa shape index (κ3) is 4.50. The molecular formula is C18H18F3NO5S. The van der Waals surface area contributed by atoms with Crippen LogP contribution in [0.4, 0.5) is 18.0 Å². The molecule has 1 N–H and O–H groups in total. The molecule has 2 fully saturated rings. The van der Waals surface area contributed by atoms with Crippen LogP contribution in [0.5, 0.6) is 5.75 Å². The van der Waals surface area contributed by atoms with Crippen molar-refractivity contribution in [2.75, 3.05) is 13.3 Å². The monoisotopic (exact) mass is 417 g/mol. The molecule has 2 amide bonds. The highest BCUT2D eigenvalue weighted by Gasteiger charge is 2.39. The number of rotatable bonds is 3. The van der Waals surface area contributed by atoms with E-state index in [1.54, 1.807) is 0 Å². The fraction of sp³-hybridized carbons (Fsp3) is 0.444. The van der Waals surface area contributed by atoms with Gasteiger partial charge in [0, 0.05) is 6.42 Å². The highest BCUT2D eigenvalue weighted by Crippen LogP contribution is 2.38. The van der Waals surface area contributed by atoms with E-state index in [1.807, 2.05) is 13.8 Å². The van der Waals surface area contributed by atoms with Crippen molar-refractivity contribution in [3.05, 3.63) is 34.2 Å². The summed E-state index contributed by atoms with van der Waals surface area (Å²) in [4.78, 5) is 25.8. The van der Waals surface area contributed by atoms with Crippen LogP contribution >= 0.6 is 11.8 Å². The SMILES string of the molecule is CC1(C)CC(CN2C(=O)SC(=Cc3ccc(O)c(C(F)(F)F)c3)C2=O)OCO1. The number of carbonyl (C=O) groups is 2. The van der Waals surface area contributed by atoms with Crippen molar-refractivity contribution in [1.82, 2.24) is 4.90 Å². The van der Waals surface area contributed by atoms with Gasteiger partial charge >= 0.3 is 6.18 Å². The fourth-order valence-electron chi connectivity index (χ4n) is 2.96.